The monoisotopic (exact) mass is 463 g/mol. The number of nitrogens with two attached hydrogens (primary N) is 1. The Morgan fingerprint density at radius 2 is 1.88 bits per heavy atom. The summed E-state index contributed by atoms with van der Waals surface area (Å²) in [4.78, 5) is 15.9. The highest BCUT2D eigenvalue weighted by atomic mass is 127. The first-order valence-corrected chi connectivity index (χ1v) is 8.78. The van der Waals surface area contributed by atoms with Gasteiger partial charge in [0.1, 0.15) is 17.3 Å². The van der Waals surface area contributed by atoms with E-state index in [1.807, 2.05) is 24.3 Å². The lowest BCUT2D eigenvalue weighted by atomic mass is 10.1. The zero-order valence-corrected chi connectivity index (χ0v) is 16.0. The molecule has 3 rings (SSSR count). The first kappa shape index (κ1) is 18.1. The maximum Gasteiger partial charge on any atom is 0.259 e. The molecule has 7 heteroatoms. The molecule has 3 N–H and O–H groups in total. The normalized spacial score (nSPS) is 10.4. The van der Waals surface area contributed by atoms with Gasteiger partial charge < -0.3 is 15.8 Å². The van der Waals surface area contributed by atoms with Crippen molar-refractivity contribution in [2.24, 2.45) is 0 Å². The molecule has 0 aliphatic heterocycles. The maximum absolute atomic E-state index is 13.4. The second-order valence-electron chi connectivity index (χ2n) is 5.54. The molecule has 0 saturated heterocycles. The lowest BCUT2D eigenvalue weighted by molar-refractivity contribution is 0.102. The molecule has 0 aliphatic rings. The predicted molar refractivity (Wildman–Crippen MR) is 107 cm³/mol. The van der Waals surface area contributed by atoms with E-state index in [-0.39, 0.29) is 16.9 Å². The molecule has 5 nitrogen and oxygen atoms in total. The van der Waals surface area contributed by atoms with E-state index < -0.39 is 11.9 Å². The van der Waals surface area contributed by atoms with E-state index in [0.29, 0.717) is 11.4 Å². The van der Waals surface area contributed by atoms with Gasteiger partial charge in [0.2, 0.25) is 5.95 Å². The Hall–Kier alpha value is -2.68. The van der Waals surface area contributed by atoms with E-state index >= 15 is 0 Å². The fourth-order valence-electron chi connectivity index (χ4n) is 2.25. The third kappa shape index (κ3) is 4.10. The van der Waals surface area contributed by atoms with Crippen LogP contribution in [0.4, 0.5) is 15.9 Å². The van der Waals surface area contributed by atoms with Gasteiger partial charge in [-0.2, -0.15) is 4.39 Å². The summed E-state index contributed by atoms with van der Waals surface area (Å²) in [5, 5.41) is 2.71. The number of pyridine rings is 1. The number of carbonyl (C=O) groups excluding carboxylic acids is 1. The van der Waals surface area contributed by atoms with E-state index in [2.05, 4.69) is 32.9 Å². The van der Waals surface area contributed by atoms with E-state index in [9.17, 15) is 9.18 Å². The van der Waals surface area contributed by atoms with Gasteiger partial charge in [-0.1, -0.05) is 12.1 Å². The molecule has 0 unspecified atom stereocenters. The highest BCUT2D eigenvalue weighted by Gasteiger charge is 2.14. The lowest BCUT2D eigenvalue weighted by Crippen LogP contribution is -2.16. The Morgan fingerprint density at radius 1 is 1.19 bits per heavy atom. The molecule has 0 bridgehead atoms. The van der Waals surface area contributed by atoms with Crippen LogP contribution < -0.4 is 15.8 Å². The molecule has 0 radical (unpaired) electrons. The average molecular weight is 463 g/mol. The highest BCUT2D eigenvalue weighted by molar-refractivity contribution is 14.1. The van der Waals surface area contributed by atoms with Crippen LogP contribution in [0.3, 0.4) is 0 Å². The first-order valence-electron chi connectivity index (χ1n) is 7.70. The largest absolute Gasteiger partial charge is 0.456 e. The number of anilines is 2. The summed E-state index contributed by atoms with van der Waals surface area (Å²) in [5.74, 6) is 0.112. The number of carbonyl (C=O) groups is 1. The zero-order chi connectivity index (χ0) is 18.7. The maximum atomic E-state index is 13.4. The number of halogens is 2. The van der Waals surface area contributed by atoms with Crippen LogP contribution >= 0.6 is 22.6 Å². The number of nitrogens with zero attached hydrogens (tertiary/aromatic N) is 1. The van der Waals surface area contributed by atoms with Crippen molar-refractivity contribution in [2.75, 3.05) is 11.1 Å². The Balaban J connectivity index is 1.72. The fraction of sp³-hybridized carbons (Fsp3) is 0.0526. The molecule has 26 heavy (non-hydrogen) atoms. The van der Waals surface area contributed by atoms with Crippen molar-refractivity contribution in [3.05, 3.63) is 75.2 Å². The Kier molecular flexibility index (Phi) is 5.36. The van der Waals surface area contributed by atoms with Crippen LogP contribution in [-0.2, 0) is 0 Å². The van der Waals surface area contributed by atoms with Gasteiger partial charge in [-0.25, -0.2) is 4.98 Å². The Bertz CT molecular complexity index is 961. The van der Waals surface area contributed by atoms with Gasteiger partial charge in [-0.3, -0.25) is 4.79 Å². The van der Waals surface area contributed by atoms with Crippen molar-refractivity contribution in [3.8, 4) is 11.5 Å². The number of nitrogen functional groups attached to an aromatic ring is 1. The lowest BCUT2D eigenvalue weighted by Gasteiger charge is -2.10. The Labute approximate surface area is 163 Å². The number of amides is 1. The van der Waals surface area contributed by atoms with Crippen molar-refractivity contribution in [3.63, 3.8) is 0 Å². The van der Waals surface area contributed by atoms with Crippen molar-refractivity contribution >= 4 is 40.0 Å². The van der Waals surface area contributed by atoms with Crippen molar-refractivity contribution in [2.45, 2.75) is 6.92 Å². The van der Waals surface area contributed by atoms with E-state index in [1.54, 1.807) is 24.3 Å². The molecule has 3 aromatic rings. The summed E-state index contributed by atoms with van der Waals surface area (Å²) < 4.78 is 20.2. The molecule has 132 valence electrons. The molecule has 2 aromatic carbocycles. The zero-order valence-electron chi connectivity index (χ0n) is 13.8. The molecule has 0 aliphatic carbocycles. The number of rotatable bonds is 4. The molecule has 0 atom stereocenters. The topological polar surface area (TPSA) is 77.2 Å². The third-order valence-corrected chi connectivity index (χ3v) is 4.49. The minimum atomic E-state index is -0.684. The van der Waals surface area contributed by atoms with Crippen molar-refractivity contribution in [1.82, 2.24) is 4.98 Å². The standard InChI is InChI=1S/C19H15FIN3O2/c1-11-10-14(18(22)24-17(11)20)19(25)23-12-6-8-13(9-7-12)26-16-5-3-2-4-15(16)21/h2-10H,1H3,(H2,22,24)(H,23,25). The number of para-hydroxylation sites is 1. The molecule has 0 fully saturated rings. The van der Waals surface area contributed by atoms with Gasteiger partial charge in [-0.05, 0) is 72.0 Å². The summed E-state index contributed by atoms with van der Waals surface area (Å²) in [5.41, 5.74) is 6.58. The Morgan fingerprint density at radius 3 is 2.58 bits per heavy atom. The van der Waals surface area contributed by atoms with Gasteiger partial charge >= 0.3 is 0 Å². The highest BCUT2D eigenvalue weighted by Crippen LogP contribution is 2.27. The molecular formula is C19H15FIN3O2. The van der Waals surface area contributed by atoms with Crippen LogP contribution in [0.1, 0.15) is 15.9 Å². The first-order chi connectivity index (χ1) is 12.4. The number of hydrogen-bond acceptors (Lipinski definition) is 4. The summed E-state index contributed by atoms with van der Waals surface area (Å²) in [6.07, 6.45) is 0. The van der Waals surface area contributed by atoms with E-state index in [1.165, 1.54) is 13.0 Å². The van der Waals surface area contributed by atoms with Gasteiger partial charge in [0, 0.05) is 11.3 Å². The summed E-state index contributed by atoms with van der Waals surface area (Å²) in [6.45, 7) is 1.52. The molecule has 0 spiro atoms. The second kappa shape index (κ2) is 7.69. The van der Waals surface area contributed by atoms with Crippen LogP contribution in [0, 0.1) is 16.4 Å². The van der Waals surface area contributed by atoms with Crippen LogP contribution in [-0.4, -0.2) is 10.9 Å². The number of benzene rings is 2. The number of ether oxygens (including phenoxy) is 1. The van der Waals surface area contributed by atoms with Crippen LogP contribution in [0.5, 0.6) is 11.5 Å². The molecule has 1 amide bonds. The minimum Gasteiger partial charge on any atom is -0.456 e. The van der Waals surface area contributed by atoms with Crippen molar-refractivity contribution < 1.29 is 13.9 Å². The molecule has 0 saturated carbocycles. The van der Waals surface area contributed by atoms with Crippen LogP contribution in [0.25, 0.3) is 0 Å². The quantitative estimate of drug-likeness (QED) is 0.432. The van der Waals surface area contributed by atoms with Gasteiger partial charge in [0.15, 0.2) is 0 Å². The van der Waals surface area contributed by atoms with Gasteiger partial charge in [0.25, 0.3) is 5.91 Å². The third-order valence-electron chi connectivity index (χ3n) is 3.60. The number of aryl methyl sites for hydroxylation is 1. The van der Waals surface area contributed by atoms with E-state index in [4.69, 9.17) is 10.5 Å². The number of aromatic nitrogens is 1. The minimum absolute atomic E-state index is 0.128. The summed E-state index contributed by atoms with van der Waals surface area (Å²) in [7, 11) is 0. The summed E-state index contributed by atoms with van der Waals surface area (Å²) in [6, 6.07) is 16.0. The number of hydrogen-bond donors (Lipinski definition) is 2. The predicted octanol–water partition coefficient (Wildman–Crippen LogP) is 4.76. The van der Waals surface area contributed by atoms with Gasteiger partial charge in [0.05, 0.1) is 9.13 Å². The summed E-state index contributed by atoms with van der Waals surface area (Å²) >= 11 is 2.20. The SMILES string of the molecule is Cc1cc(C(=O)Nc2ccc(Oc3ccccc3I)cc2)c(N)nc1F. The molecular weight excluding hydrogens is 448 g/mol. The number of nitrogens with one attached hydrogen (secondary N) is 1. The second-order valence-corrected chi connectivity index (χ2v) is 6.70. The fourth-order valence-corrected chi connectivity index (χ4v) is 2.74. The van der Waals surface area contributed by atoms with Gasteiger partial charge in [-0.15, -0.1) is 0 Å². The van der Waals surface area contributed by atoms with Crippen molar-refractivity contribution in [1.29, 1.82) is 0 Å². The molecule has 1 heterocycles. The average Bonchev–Trinajstić information content (AvgIpc) is 2.61. The van der Waals surface area contributed by atoms with Crippen LogP contribution in [0.15, 0.2) is 54.6 Å². The van der Waals surface area contributed by atoms with E-state index in [0.717, 1.165) is 9.32 Å². The van der Waals surface area contributed by atoms with Crippen LogP contribution in [0.2, 0.25) is 0 Å². The molecule has 1 aromatic heterocycles. The smallest absolute Gasteiger partial charge is 0.259 e.